The van der Waals surface area contributed by atoms with Gasteiger partial charge in [0.05, 0.1) is 23.4 Å². The second-order valence-electron chi connectivity index (χ2n) is 5.56. The summed E-state index contributed by atoms with van der Waals surface area (Å²) in [5.74, 6) is 0.0119. The maximum absolute atomic E-state index is 12.5. The van der Waals surface area contributed by atoms with Crippen LogP contribution in [0.5, 0.6) is 0 Å². The lowest BCUT2D eigenvalue weighted by Gasteiger charge is -2.21. The molecule has 2 atom stereocenters. The summed E-state index contributed by atoms with van der Waals surface area (Å²) in [5, 5.41) is 13.7. The number of amides is 1. The minimum absolute atomic E-state index is 0.0734. The van der Waals surface area contributed by atoms with Crippen LogP contribution in [0.2, 0.25) is 5.02 Å². The van der Waals surface area contributed by atoms with Crippen molar-refractivity contribution in [2.24, 2.45) is 5.92 Å². The van der Waals surface area contributed by atoms with E-state index in [1.807, 2.05) is 39.0 Å². The minimum Gasteiger partial charge on any atom is -0.394 e. The molecule has 2 N–H and O–H groups in total. The van der Waals surface area contributed by atoms with E-state index in [2.05, 4.69) is 10.3 Å². The predicted octanol–water partition coefficient (Wildman–Crippen LogP) is 3.91. The number of aliphatic hydroxyl groups excluding tert-OH is 1. The number of thiazole rings is 1. The highest BCUT2D eigenvalue weighted by molar-refractivity contribution is 7.17. The normalized spacial score (nSPS) is 13.6. The molecule has 124 valence electrons. The van der Waals surface area contributed by atoms with Crippen molar-refractivity contribution in [2.45, 2.75) is 33.2 Å². The zero-order valence-electron chi connectivity index (χ0n) is 13.5. The predicted molar refractivity (Wildman–Crippen MR) is 95.1 cm³/mol. The number of nitrogens with zero attached hydrogens (tertiary/aromatic N) is 1. The van der Waals surface area contributed by atoms with Crippen molar-refractivity contribution >= 4 is 28.8 Å². The molecule has 0 unspecified atom stereocenters. The van der Waals surface area contributed by atoms with Crippen molar-refractivity contribution < 1.29 is 9.90 Å². The number of aryl methyl sites for hydroxylation is 1. The van der Waals surface area contributed by atoms with E-state index >= 15 is 0 Å². The summed E-state index contributed by atoms with van der Waals surface area (Å²) in [6.45, 7) is 5.78. The van der Waals surface area contributed by atoms with Crippen molar-refractivity contribution in [1.29, 1.82) is 0 Å². The van der Waals surface area contributed by atoms with Crippen molar-refractivity contribution in [3.05, 3.63) is 39.9 Å². The summed E-state index contributed by atoms with van der Waals surface area (Å²) in [6.07, 6.45) is 0.887. The summed E-state index contributed by atoms with van der Waals surface area (Å²) in [5.41, 5.74) is 1.49. The molecule has 1 aromatic heterocycles. The highest BCUT2D eigenvalue weighted by Crippen LogP contribution is 2.32. The van der Waals surface area contributed by atoms with Gasteiger partial charge in [0.15, 0.2) is 0 Å². The van der Waals surface area contributed by atoms with Crippen LogP contribution in [0.15, 0.2) is 24.3 Å². The Kier molecular flexibility index (Phi) is 6.16. The first kappa shape index (κ1) is 17.9. The van der Waals surface area contributed by atoms with Gasteiger partial charge in [0, 0.05) is 5.56 Å². The molecule has 2 aromatic rings. The van der Waals surface area contributed by atoms with E-state index in [9.17, 15) is 9.90 Å². The number of aromatic nitrogens is 1. The fourth-order valence-electron chi connectivity index (χ4n) is 2.24. The van der Waals surface area contributed by atoms with Gasteiger partial charge in [-0.25, -0.2) is 4.98 Å². The van der Waals surface area contributed by atoms with Crippen LogP contribution in [-0.2, 0) is 0 Å². The van der Waals surface area contributed by atoms with Gasteiger partial charge in [-0.2, -0.15) is 0 Å². The number of aliphatic hydroxyl groups is 1. The average molecular weight is 353 g/mol. The van der Waals surface area contributed by atoms with Crippen LogP contribution in [0.4, 0.5) is 0 Å². The molecule has 0 saturated carbocycles. The first-order chi connectivity index (χ1) is 11.0. The molecule has 1 amide bonds. The number of halogens is 1. The Bertz CT molecular complexity index is 687. The molecule has 6 heteroatoms. The lowest BCUT2D eigenvalue weighted by molar-refractivity contribution is 0.0895. The van der Waals surface area contributed by atoms with Crippen LogP contribution in [0, 0.1) is 12.8 Å². The molecular weight excluding hydrogens is 332 g/mol. The van der Waals surface area contributed by atoms with Gasteiger partial charge >= 0.3 is 0 Å². The first-order valence-corrected chi connectivity index (χ1v) is 8.81. The summed E-state index contributed by atoms with van der Waals surface area (Å²) in [4.78, 5) is 17.5. The molecule has 4 nitrogen and oxygen atoms in total. The Morgan fingerprint density at radius 1 is 1.43 bits per heavy atom. The zero-order chi connectivity index (χ0) is 17.0. The number of carbonyl (C=O) groups is 1. The van der Waals surface area contributed by atoms with Gasteiger partial charge in [0.25, 0.3) is 5.91 Å². The fourth-order valence-corrected chi connectivity index (χ4v) is 3.53. The molecule has 0 aliphatic rings. The Morgan fingerprint density at radius 3 is 2.74 bits per heavy atom. The first-order valence-electron chi connectivity index (χ1n) is 7.62. The molecule has 0 saturated heterocycles. The number of rotatable bonds is 6. The van der Waals surface area contributed by atoms with Gasteiger partial charge in [-0.05, 0) is 18.9 Å². The highest BCUT2D eigenvalue weighted by Gasteiger charge is 2.22. The Hall–Kier alpha value is -1.43. The monoisotopic (exact) mass is 352 g/mol. The molecule has 2 rings (SSSR count). The van der Waals surface area contributed by atoms with Crippen LogP contribution in [0.1, 0.15) is 35.6 Å². The van der Waals surface area contributed by atoms with Crippen molar-refractivity contribution in [1.82, 2.24) is 10.3 Å². The SMILES string of the molecule is CC[C@@H](C)[C@H](CO)NC(=O)c1sc(-c2ccccc2Cl)nc1C. The van der Waals surface area contributed by atoms with Crippen LogP contribution >= 0.6 is 22.9 Å². The quantitative estimate of drug-likeness (QED) is 0.828. The van der Waals surface area contributed by atoms with E-state index in [4.69, 9.17) is 11.6 Å². The number of nitrogens with one attached hydrogen (secondary N) is 1. The topological polar surface area (TPSA) is 62.2 Å². The second kappa shape index (κ2) is 7.90. The maximum atomic E-state index is 12.5. The summed E-state index contributed by atoms with van der Waals surface area (Å²) in [6, 6.07) is 7.19. The molecule has 0 aliphatic carbocycles. The molecular formula is C17H21ClN2O2S. The average Bonchev–Trinajstić information content (AvgIpc) is 2.93. The molecule has 1 aromatic carbocycles. The standard InChI is InChI=1S/C17H21ClN2O2S/c1-4-10(2)14(9-21)20-16(22)15-11(3)19-17(23-15)12-7-5-6-8-13(12)18/h5-8,10,14,21H,4,9H2,1-3H3,(H,20,22)/t10-,14+/m1/s1. The smallest absolute Gasteiger partial charge is 0.263 e. The van der Waals surface area contributed by atoms with Crippen molar-refractivity contribution in [3.8, 4) is 10.6 Å². The van der Waals surface area contributed by atoms with E-state index in [1.165, 1.54) is 11.3 Å². The Labute approximate surface area is 145 Å². The minimum atomic E-state index is -0.252. The third-order valence-electron chi connectivity index (χ3n) is 3.95. The molecule has 0 spiro atoms. The van der Waals surface area contributed by atoms with Crippen LogP contribution < -0.4 is 5.32 Å². The van der Waals surface area contributed by atoms with E-state index < -0.39 is 0 Å². The van der Waals surface area contributed by atoms with Crippen molar-refractivity contribution in [3.63, 3.8) is 0 Å². The summed E-state index contributed by atoms with van der Waals surface area (Å²) in [7, 11) is 0. The second-order valence-corrected chi connectivity index (χ2v) is 6.97. The third kappa shape index (κ3) is 4.10. The van der Waals surface area contributed by atoms with Gasteiger partial charge in [-0.15, -0.1) is 11.3 Å². The maximum Gasteiger partial charge on any atom is 0.263 e. The zero-order valence-corrected chi connectivity index (χ0v) is 15.0. The van der Waals surface area contributed by atoms with Crippen LogP contribution in [-0.4, -0.2) is 28.6 Å². The summed E-state index contributed by atoms with van der Waals surface area (Å²) < 4.78 is 0. The lowest BCUT2D eigenvalue weighted by Crippen LogP contribution is -2.41. The fraction of sp³-hybridized carbons (Fsp3) is 0.412. The van der Waals surface area contributed by atoms with Gasteiger partial charge in [-0.3, -0.25) is 4.79 Å². The largest absolute Gasteiger partial charge is 0.394 e. The van der Waals surface area contributed by atoms with Gasteiger partial charge < -0.3 is 10.4 Å². The molecule has 0 aliphatic heterocycles. The van der Waals surface area contributed by atoms with E-state index in [1.54, 1.807) is 6.07 Å². The van der Waals surface area contributed by atoms with Crippen LogP contribution in [0.3, 0.4) is 0 Å². The molecule has 0 bridgehead atoms. The Morgan fingerprint density at radius 2 is 2.13 bits per heavy atom. The van der Waals surface area contributed by atoms with Crippen molar-refractivity contribution in [2.75, 3.05) is 6.61 Å². The molecule has 0 fully saturated rings. The summed E-state index contributed by atoms with van der Waals surface area (Å²) >= 11 is 7.52. The van der Waals surface area contributed by atoms with Gasteiger partial charge in [0.1, 0.15) is 9.88 Å². The number of carbonyl (C=O) groups excluding carboxylic acids is 1. The number of hydrogen-bond donors (Lipinski definition) is 2. The number of benzene rings is 1. The van der Waals surface area contributed by atoms with E-state index in [-0.39, 0.29) is 24.5 Å². The third-order valence-corrected chi connectivity index (χ3v) is 5.47. The van der Waals surface area contributed by atoms with Gasteiger partial charge in [-0.1, -0.05) is 50.1 Å². The lowest BCUT2D eigenvalue weighted by atomic mass is 10.00. The van der Waals surface area contributed by atoms with E-state index in [0.717, 1.165) is 17.0 Å². The molecule has 0 radical (unpaired) electrons. The highest BCUT2D eigenvalue weighted by atomic mass is 35.5. The Balaban J connectivity index is 2.24. The van der Waals surface area contributed by atoms with Crippen LogP contribution in [0.25, 0.3) is 10.6 Å². The van der Waals surface area contributed by atoms with Gasteiger partial charge in [0.2, 0.25) is 0 Å². The molecule has 1 heterocycles. The molecule has 23 heavy (non-hydrogen) atoms. The van der Waals surface area contributed by atoms with E-state index in [0.29, 0.717) is 15.6 Å². The number of hydrogen-bond acceptors (Lipinski definition) is 4.